The van der Waals surface area contributed by atoms with Crippen LogP contribution in [-0.4, -0.2) is 12.6 Å². The number of ether oxygens (including phenoxy) is 1. The molecule has 0 radical (unpaired) electrons. The van der Waals surface area contributed by atoms with Crippen molar-refractivity contribution in [3.63, 3.8) is 0 Å². The normalized spacial score (nSPS) is 14.6. The Labute approximate surface area is 108 Å². The molecule has 92 valence electrons. The monoisotopic (exact) mass is 251 g/mol. The van der Waals surface area contributed by atoms with E-state index in [0.717, 1.165) is 29.3 Å². The fourth-order valence-electron chi connectivity index (χ4n) is 1.63. The maximum atomic E-state index is 6.21. The average Bonchev–Trinajstić information content (AvgIpc) is 3.12. The molecule has 0 atom stereocenters. The Bertz CT molecular complexity index is 388. The third-order valence-electron chi connectivity index (χ3n) is 2.80. The summed E-state index contributed by atoms with van der Waals surface area (Å²) in [5.41, 5.74) is 1.06. The SMILES string of the molecule is C=CCCOc1cccc(Cl)c1CNC1CC1. The molecule has 2 rings (SSSR count). The van der Waals surface area contributed by atoms with Crippen LogP contribution < -0.4 is 10.1 Å². The largest absolute Gasteiger partial charge is 0.493 e. The molecule has 0 amide bonds. The van der Waals surface area contributed by atoms with E-state index in [-0.39, 0.29) is 0 Å². The molecule has 0 unspecified atom stereocenters. The van der Waals surface area contributed by atoms with Gasteiger partial charge in [0.15, 0.2) is 0 Å². The predicted octanol–water partition coefficient (Wildman–Crippen LogP) is 3.55. The Morgan fingerprint density at radius 1 is 1.47 bits per heavy atom. The van der Waals surface area contributed by atoms with Crippen LogP contribution in [0, 0.1) is 0 Å². The summed E-state index contributed by atoms with van der Waals surface area (Å²) in [5, 5.41) is 4.23. The molecule has 0 bridgehead atoms. The molecule has 1 aromatic rings. The van der Waals surface area contributed by atoms with Crippen molar-refractivity contribution in [2.24, 2.45) is 0 Å². The van der Waals surface area contributed by atoms with Crippen molar-refractivity contribution >= 4 is 11.6 Å². The van der Waals surface area contributed by atoms with Gasteiger partial charge in [-0.1, -0.05) is 23.7 Å². The van der Waals surface area contributed by atoms with Gasteiger partial charge in [0.25, 0.3) is 0 Å². The van der Waals surface area contributed by atoms with Crippen molar-refractivity contribution in [2.75, 3.05) is 6.61 Å². The molecule has 0 aliphatic heterocycles. The highest BCUT2D eigenvalue weighted by Gasteiger charge is 2.21. The molecule has 0 saturated heterocycles. The van der Waals surface area contributed by atoms with Crippen LogP contribution in [0.2, 0.25) is 5.02 Å². The van der Waals surface area contributed by atoms with Gasteiger partial charge in [0.2, 0.25) is 0 Å². The van der Waals surface area contributed by atoms with Crippen molar-refractivity contribution in [3.8, 4) is 5.75 Å². The molecule has 17 heavy (non-hydrogen) atoms. The zero-order chi connectivity index (χ0) is 12.1. The first-order valence-corrected chi connectivity index (χ1v) is 6.43. The molecule has 1 saturated carbocycles. The van der Waals surface area contributed by atoms with Gasteiger partial charge in [0, 0.05) is 23.2 Å². The van der Waals surface area contributed by atoms with Crippen molar-refractivity contribution < 1.29 is 4.74 Å². The maximum Gasteiger partial charge on any atom is 0.125 e. The highest BCUT2D eigenvalue weighted by atomic mass is 35.5. The van der Waals surface area contributed by atoms with Crippen LogP contribution in [0.3, 0.4) is 0 Å². The molecule has 3 heteroatoms. The predicted molar refractivity (Wildman–Crippen MR) is 71.6 cm³/mol. The topological polar surface area (TPSA) is 21.3 Å². The Morgan fingerprint density at radius 2 is 2.29 bits per heavy atom. The summed E-state index contributed by atoms with van der Waals surface area (Å²) in [6.45, 7) is 5.12. The van der Waals surface area contributed by atoms with E-state index in [1.54, 1.807) is 0 Å². The van der Waals surface area contributed by atoms with E-state index in [0.29, 0.717) is 12.6 Å². The molecular formula is C14H18ClNO. The van der Waals surface area contributed by atoms with E-state index >= 15 is 0 Å². The lowest BCUT2D eigenvalue weighted by atomic mass is 10.2. The van der Waals surface area contributed by atoms with Crippen LogP contribution in [0.4, 0.5) is 0 Å². The van der Waals surface area contributed by atoms with E-state index in [1.165, 1.54) is 12.8 Å². The molecule has 1 N–H and O–H groups in total. The van der Waals surface area contributed by atoms with Crippen LogP contribution in [0.5, 0.6) is 5.75 Å². The second kappa shape index (κ2) is 6.08. The van der Waals surface area contributed by atoms with Gasteiger partial charge < -0.3 is 10.1 Å². The van der Waals surface area contributed by atoms with Gasteiger partial charge in [-0.3, -0.25) is 0 Å². The lowest BCUT2D eigenvalue weighted by Crippen LogP contribution is -2.16. The van der Waals surface area contributed by atoms with Crippen molar-refractivity contribution in [2.45, 2.75) is 31.8 Å². The highest BCUT2D eigenvalue weighted by Crippen LogP contribution is 2.28. The van der Waals surface area contributed by atoms with E-state index in [9.17, 15) is 0 Å². The van der Waals surface area contributed by atoms with E-state index in [2.05, 4.69) is 11.9 Å². The van der Waals surface area contributed by atoms with Crippen LogP contribution in [0.1, 0.15) is 24.8 Å². The molecule has 0 aromatic heterocycles. The zero-order valence-corrected chi connectivity index (χ0v) is 10.7. The molecule has 2 nitrogen and oxygen atoms in total. The van der Waals surface area contributed by atoms with Gasteiger partial charge >= 0.3 is 0 Å². The number of halogens is 1. The lowest BCUT2D eigenvalue weighted by molar-refractivity contribution is 0.320. The molecule has 0 spiro atoms. The van der Waals surface area contributed by atoms with E-state index in [4.69, 9.17) is 16.3 Å². The smallest absolute Gasteiger partial charge is 0.125 e. The summed E-state index contributed by atoms with van der Waals surface area (Å²) in [7, 11) is 0. The minimum atomic E-state index is 0.653. The summed E-state index contributed by atoms with van der Waals surface area (Å²) in [6, 6.07) is 6.48. The summed E-state index contributed by atoms with van der Waals surface area (Å²) in [5.74, 6) is 0.882. The van der Waals surface area contributed by atoms with Gasteiger partial charge in [-0.15, -0.1) is 6.58 Å². The van der Waals surface area contributed by atoms with Gasteiger partial charge in [-0.25, -0.2) is 0 Å². The maximum absolute atomic E-state index is 6.21. The van der Waals surface area contributed by atoms with Gasteiger partial charge in [0.1, 0.15) is 5.75 Å². The minimum absolute atomic E-state index is 0.653. The Hall–Kier alpha value is -0.990. The Balaban J connectivity index is 2.00. The molecule has 0 heterocycles. The molecule has 1 fully saturated rings. The van der Waals surface area contributed by atoms with Crippen molar-refractivity contribution in [3.05, 3.63) is 41.4 Å². The summed E-state index contributed by atoms with van der Waals surface area (Å²) < 4.78 is 5.72. The highest BCUT2D eigenvalue weighted by molar-refractivity contribution is 6.31. The quantitative estimate of drug-likeness (QED) is 0.591. The lowest BCUT2D eigenvalue weighted by Gasteiger charge is -2.13. The number of rotatable bonds is 7. The first kappa shape index (κ1) is 12.5. The summed E-state index contributed by atoms with van der Waals surface area (Å²) in [4.78, 5) is 0. The second-order valence-corrected chi connectivity index (χ2v) is 4.70. The van der Waals surface area contributed by atoms with Crippen LogP contribution >= 0.6 is 11.6 Å². The van der Waals surface area contributed by atoms with Crippen molar-refractivity contribution in [1.82, 2.24) is 5.32 Å². The van der Waals surface area contributed by atoms with Crippen LogP contribution in [0.25, 0.3) is 0 Å². The number of benzene rings is 1. The third-order valence-corrected chi connectivity index (χ3v) is 3.15. The summed E-state index contributed by atoms with van der Waals surface area (Å²) >= 11 is 6.21. The number of hydrogen-bond donors (Lipinski definition) is 1. The second-order valence-electron chi connectivity index (χ2n) is 4.30. The van der Waals surface area contributed by atoms with Crippen LogP contribution in [0.15, 0.2) is 30.9 Å². The molecule has 1 aliphatic carbocycles. The van der Waals surface area contributed by atoms with Gasteiger partial charge in [-0.2, -0.15) is 0 Å². The Morgan fingerprint density at radius 3 is 3.00 bits per heavy atom. The molecule has 1 aromatic carbocycles. The first-order chi connectivity index (χ1) is 8.31. The van der Waals surface area contributed by atoms with Gasteiger partial charge in [-0.05, 0) is 31.4 Å². The molecular weight excluding hydrogens is 234 g/mol. The Kier molecular flexibility index (Phi) is 4.46. The molecule has 1 aliphatic rings. The standard InChI is InChI=1S/C14H18ClNO/c1-2-3-9-17-14-6-4-5-13(15)12(14)10-16-11-7-8-11/h2,4-6,11,16H,1,3,7-10H2. The van der Waals surface area contributed by atoms with Crippen LogP contribution in [-0.2, 0) is 6.54 Å². The van der Waals surface area contributed by atoms with E-state index in [1.807, 2.05) is 24.3 Å². The van der Waals surface area contributed by atoms with E-state index < -0.39 is 0 Å². The first-order valence-electron chi connectivity index (χ1n) is 6.05. The minimum Gasteiger partial charge on any atom is -0.493 e. The summed E-state index contributed by atoms with van der Waals surface area (Å²) in [6.07, 6.45) is 5.25. The van der Waals surface area contributed by atoms with Crippen molar-refractivity contribution in [1.29, 1.82) is 0 Å². The average molecular weight is 252 g/mol. The zero-order valence-electron chi connectivity index (χ0n) is 9.92. The number of hydrogen-bond acceptors (Lipinski definition) is 2. The van der Waals surface area contributed by atoms with Gasteiger partial charge in [0.05, 0.1) is 6.61 Å². The fourth-order valence-corrected chi connectivity index (χ4v) is 1.86. The fraction of sp³-hybridized carbons (Fsp3) is 0.429. The number of nitrogens with one attached hydrogen (secondary N) is 1. The third kappa shape index (κ3) is 3.76.